The monoisotopic (exact) mass is 409 g/mol. The van der Waals surface area contributed by atoms with Crippen LogP contribution in [0.4, 0.5) is 0 Å². The molecule has 2 atom stereocenters. The van der Waals surface area contributed by atoms with Crippen LogP contribution in [0, 0.1) is 0 Å². The highest BCUT2D eigenvalue weighted by atomic mass is 32.2. The van der Waals surface area contributed by atoms with Gasteiger partial charge in [0.05, 0.1) is 38.4 Å². The van der Waals surface area contributed by atoms with Gasteiger partial charge in [0.1, 0.15) is 16.4 Å². The van der Waals surface area contributed by atoms with E-state index >= 15 is 0 Å². The molecule has 148 valence electrons. The van der Waals surface area contributed by atoms with Crippen LogP contribution < -0.4 is 9.47 Å². The van der Waals surface area contributed by atoms with Gasteiger partial charge in [-0.3, -0.25) is 0 Å². The average Bonchev–Trinajstić information content (AvgIpc) is 2.97. The number of hydrogen-bond donors (Lipinski definition) is 2. The summed E-state index contributed by atoms with van der Waals surface area (Å²) in [6.45, 7) is -1.08. The van der Waals surface area contributed by atoms with E-state index in [-0.39, 0.29) is 34.3 Å². The molecule has 0 unspecified atom stereocenters. The zero-order chi connectivity index (χ0) is 19.5. The summed E-state index contributed by atoms with van der Waals surface area (Å²) >= 11 is 0. The van der Waals surface area contributed by atoms with Crippen LogP contribution in [0.5, 0.6) is 11.5 Å². The van der Waals surface area contributed by atoms with E-state index in [2.05, 4.69) is 0 Å². The van der Waals surface area contributed by atoms with Gasteiger partial charge in [-0.15, -0.1) is 0 Å². The first-order valence-electron chi connectivity index (χ1n) is 7.88. The van der Waals surface area contributed by atoms with Gasteiger partial charge >= 0.3 is 0 Å². The van der Waals surface area contributed by atoms with Crippen molar-refractivity contribution in [1.29, 1.82) is 0 Å². The summed E-state index contributed by atoms with van der Waals surface area (Å²) in [4.78, 5) is -0.200. The van der Waals surface area contributed by atoms with Crippen molar-refractivity contribution in [3.8, 4) is 11.5 Å². The number of nitrogens with zero attached hydrogens (tertiary/aromatic N) is 1. The third-order valence-electron chi connectivity index (χ3n) is 4.17. The maximum Gasteiger partial charge on any atom is 0.247 e. The Balaban J connectivity index is 2.52. The summed E-state index contributed by atoms with van der Waals surface area (Å²) in [6.07, 6.45) is -1.23. The van der Waals surface area contributed by atoms with Crippen molar-refractivity contribution in [1.82, 2.24) is 4.31 Å². The lowest BCUT2D eigenvalue weighted by Crippen LogP contribution is -2.46. The number of sulfonamides is 1. The third kappa shape index (κ3) is 4.46. The average molecular weight is 409 g/mol. The normalized spacial score (nSPS) is 20.9. The molecule has 0 saturated carbocycles. The molecule has 1 aromatic rings. The highest BCUT2D eigenvalue weighted by Gasteiger charge is 2.40. The molecule has 1 fully saturated rings. The number of benzene rings is 1. The van der Waals surface area contributed by atoms with E-state index in [4.69, 9.17) is 14.6 Å². The summed E-state index contributed by atoms with van der Waals surface area (Å²) in [5, 5.41) is 18.9. The van der Waals surface area contributed by atoms with E-state index in [1.165, 1.54) is 32.4 Å². The molecule has 0 radical (unpaired) electrons. The van der Waals surface area contributed by atoms with Crippen molar-refractivity contribution >= 4 is 19.9 Å². The second-order valence-corrected chi connectivity index (χ2v) is 10.1. The highest BCUT2D eigenvalue weighted by molar-refractivity contribution is 7.92. The predicted octanol–water partition coefficient (Wildman–Crippen LogP) is -0.765. The Morgan fingerprint density at radius 2 is 2.00 bits per heavy atom. The van der Waals surface area contributed by atoms with Crippen molar-refractivity contribution in [2.45, 2.75) is 23.5 Å². The van der Waals surface area contributed by atoms with Crippen LogP contribution in [-0.4, -0.2) is 82.4 Å². The summed E-state index contributed by atoms with van der Waals surface area (Å²) in [7, 11) is -4.89. The molecule has 0 spiro atoms. The Kier molecular flexibility index (Phi) is 6.51. The number of methoxy groups -OCH3 is 2. The van der Waals surface area contributed by atoms with Crippen LogP contribution in [0.15, 0.2) is 23.1 Å². The van der Waals surface area contributed by atoms with E-state index < -0.39 is 45.2 Å². The lowest BCUT2D eigenvalue weighted by molar-refractivity contribution is 0.0729. The third-order valence-corrected chi connectivity index (χ3v) is 7.86. The topological polar surface area (TPSA) is 130 Å². The smallest absolute Gasteiger partial charge is 0.247 e. The van der Waals surface area contributed by atoms with Gasteiger partial charge in [0.15, 0.2) is 9.84 Å². The lowest BCUT2D eigenvalue weighted by atomic mass is 10.2. The zero-order valence-corrected chi connectivity index (χ0v) is 16.2. The quantitative estimate of drug-likeness (QED) is 0.573. The summed E-state index contributed by atoms with van der Waals surface area (Å²) in [5.41, 5.74) is 0. The molecule has 2 N–H and O–H groups in total. The summed E-state index contributed by atoms with van der Waals surface area (Å²) < 4.78 is 61.2. The van der Waals surface area contributed by atoms with Gasteiger partial charge < -0.3 is 19.7 Å². The molecule has 0 aliphatic carbocycles. The molecular weight excluding hydrogens is 386 g/mol. The first kappa shape index (κ1) is 20.9. The van der Waals surface area contributed by atoms with Crippen LogP contribution >= 0.6 is 0 Å². The molecule has 11 heteroatoms. The number of rotatable bonds is 8. The SMILES string of the molecule is COc1ccc(OC)c(S(=O)(=O)N(C[C@@H](O)CO)[C@@H]2CCS(=O)(=O)C2)c1. The molecule has 1 saturated heterocycles. The highest BCUT2D eigenvalue weighted by Crippen LogP contribution is 2.33. The fraction of sp³-hybridized carbons (Fsp3) is 0.600. The fourth-order valence-electron chi connectivity index (χ4n) is 2.82. The number of aliphatic hydroxyl groups is 2. The van der Waals surface area contributed by atoms with Gasteiger partial charge in [-0.2, -0.15) is 4.31 Å². The van der Waals surface area contributed by atoms with Gasteiger partial charge in [0, 0.05) is 18.7 Å². The Morgan fingerprint density at radius 3 is 2.50 bits per heavy atom. The van der Waals surface area contributed by atoms with Crippen LogP contribution in [0.25, 0.3) is 0 Å². The van der Waals surface area contributed by atoms with E-state index in [1.807, 2.05) is 0 Å². The predicted molar refractivity (Wildman–Crippen MR) is 93.6 cm³/mol. The summed E-state index contributed by atoms with van der Waals surface area (Å²) in [6, 6.07) is 3.40. The summed E-state index contributed by atoms with van der Waals surface area (Å²) in [5.74, 6) is -0.119. The van der Waals surface area contributed by atoms with Gasteiger partial charge in [0.2, 0.25) is 10.0 Å². The van der Waals surface area contributed by atoms with E-state index in [0.29, 0.717) is 0 Å². The molecule has 2 rings (SSSR count). The molecule has 1 heterocycles. The van der Waals surface area contributed by atoms with Crippen LogP contribution in [0.3, 0.4) is 0 Å². The molecule has 26 heavy (non-hydrogen) atoms. The maximum absolute atomic E-state index is 13.2. The van der Waals surface area contributed by atoms with Crippen molar-refractivity contribution < 1.29 is 36.5 Å². The maximum atomic E-state index is 13.2. The number of aliphatic hydroxyl groups excluding tert-OH is 2. The largest absolute Gasteiger partial charge is 0.497 e. The van der Waals surface area contributed by atoms with E-state index in [0.717, 1.165) is 4.31 Å². The van der Waals surface area contributed by atoms with Crippen LogP contribution in [0.2, 0.25) is 0 Å². The van der Waals surface area contributed by atoms with Crippen LogP contribution in [-0.2, 0) is 19.9 Å². The van der Waals surface area contributed by atoms with Crippen molar-refractivity contribution in [2.75, 3.05) is 38.9 Å². The second kappa shape index (κ2) is 8.09. The van der Waals surface area contributed by atoms with Crippen LogP contribution in [0.1, 0.15) is 6.42 Å². The Bertz CT molecular complexity index is 837. The molecule has 1 aliphatic heterocycles. The van der Waals surface area contributed by atoms with E-state index in [1.54, 1.807) is 0 Å². The zero-order valence-electron chi connectivity index (χ0n) is 14.5. The van der Waals surface area contributed by atoms with Gasteiger partial charge in [-0.05, 0) is 18.6 Å². The Hall–Kier alpha value is -1.40. The number of ether oxygens (including phenoxy) is 2. The Morgan fingerprint density at radius 1 is 1.31 bits per heavy atom. The molecule has 0 amide bonds. The fourth-order valence-corrected chi connectivity index (χ4v) is 6.51. The van der Waals surface area contributed by atoms with Crippen molar-refractivity contribution in [3.05, 3.63) is 18.2 Å². The minimum absolute atomic E-state index is 0.0649. The van der Waals surface area contributed by atoms with Gasteiger partial charge in [0.25, 0.3) is 0 Å². The molecule has 0 aromatic heterocycles. The van der Waals surface area contributed by atoms with Gasteiger partial charge in [-0.25, -0.2) is 16.8 Å². The Labute approximate surface area is 153 Å². The molecular formula is C15H23NO8S2. The molecule has 9 nitrogen and oxygen atoms in total. The first-order chi connectivity index (χ1) is 12.1. The van der Waals surface area contributed by atoms with E-state index in [9.17, 15) is 21.9 Å². The molecule has 1 aliphatic rings. The van der Waals surface area contributed by atoms with Crippen molar-refractivity contribution in [3.63, 3.8) is 0 Å². The minimum Gasteiger partial charge on any atom is -0.497 e. The van der Waals surface area contributed by atoms with Crippen molar-refractivity contribution in [2.24, 2.45) is 0 Å². The molecule has 0 bridgehead atoms. The number of hydrogen-bond acceptors (Lipinski definition) is 8. The molecule has 1 aromatic carbocycles. The first-order valence-corrected chi connectivity index (χ1v) is 11.1. The number of sulfone groups is 1. The van der Waals surface area contributed by atoms with Gasteiger partial charge in [-0.1, -0.05) is 0 Å². The second-order valence-electron chi connectivity index (χ2n) is 5.98. The standard InChI is InChI=1S/C15H23NO8S2/c1-23-13-3-4-14(24-2)15(7-13)26(21,22)16(8-12(18)9-17)11-5-6-25(19,20)10-11/h3-4,7,11-12,17-18H,5-6,8-10H2,1-2H3/t11-,12-/m1/s1. The minimum atomic E-state index is -4.22. The lowest BCUT2D eigenvalue weighted by Gasteiger charge is -2.29.